The van der Waals surface area contributed by atoms with E-state index < -0.39 is 11.5 Å². The van der Waals surface area contributed by atoms with Crippen LogP contribution in [0, 0.1) is 5.92 Å². The van der Waals surface area contributed by atoms with E-state index >= 15 is 0 Å². The van der Waals surface area contributed by atoms with Crippen LogP contribution < -0.4 is 10.5 Å². The van der Waals surface area contributed by atoms with Crippen molar-refractivity contribution in [2.45, 2.75) is 75.7 Å². The molecule has 1 aliphatic carbocycles. The topological polar surface area (TPSA) is 77.5 Å². The fraction of sp³-hybridized carbons (Fsp3) is 0.591. The average molecular weight is 405 g/mol. The van der Waals surface area contributed by atoms with Crippen molar-refractivity contribution in [3.63, 3.8) is 0 Å². The van der Waals surface area contributed by atoms with E-state index in [9.17, 15) is 9.90 Å². The normalized spacial score (nSPS) is 15.2. The molecule has 5 nitrogen and oxygen atoms in total. The van der Waals surface area contributed by atoms with Gasteiger partial charge in [0.2, 0.25) is 0 Å². The number of hydrogen-bond donors (Lipinski definition) is 2. The summed E-state index contributed by atoms with van der Waals surface area (Å²) in [6, 6.07) is 5.96. The van der Waals surface area contributed by atoms with Crippen LogP contribution in [0.3, 0.4) is 0 Å². The van der Waals surface area contributed by atoms with Crippen molar-refractivity contribution < 1.29 is 14.6 Å². The highest BCUT2D eigenvalue weighted by molar-refractivity contribution is 8.00. The Morgan fingerprint density at radius 1 is 1.29 bits per heavy atom. The molecule has 1 heterocycles. The number of aliphatic hydroxyl groups is 1. The molecule has 1 aromatic carbocycles. The van der Waals surface area contributed by atoms with Crippen LogP contribution in [0.5, 0.6) is 5.75 Å². The molecule has 0 saturated heterocycles. The lowest BCUT2D eigenvalue weighted by Gasteiger charge is -2.23. The number of carbonyl (C=O) groups is 1. The molecule has 2 aromatic rings. The molecular formula is C22H32N2O3S. The third-order valence-corrected chi connectivity index (χ3v) is 5.89. The number of primary amides is 1. The quantitative estimate of drug-likeness (QED) is 0.649. The van der Waals surface area contributed by atoms with Crippen LogP contribution in [-0.4, -0.2) is 32.5 Å². The van der Waals surface area contributed by atoms with E-state index in [1.54, 1.807) is 0 Å². The number of amides is 1. The van der Waals surface area contributed by atoms with Gasteiger partial charge in [0.15, 0.2) is 6.61 Å². The zero-order chi connectivity index (χ0) is 20.7. The maximum Gasteiger partial charge on any atom is 0.255 e. The number of carbonyl (C=O) groups excluding carboxylic acids is 1. The lowest BCUT2D eigenvalue weighted by Crippen LogP contribution is -2.24. The molecule has 0 unspecified atom stereocenters. The minimum atomic E-state index is -0.797. The lowest BCUT2D eigenvalue weighted by atomic mass is 10.0. The predicted octanol–water partition coefficient (Wildman–Crippen LogP) is 4.12. The summed E-state index contributed by atoms with van der Waals surface area (Å²) in [4.78, 5) is 12.3. The number of thioether (sulfide) groups is 1. The molecule has 0 aliphatic heterocycles. The number of ether oxygens (including phenoxy) is 1. The summed E-state index contributed by atoms with van der Waals surface area (Å²) in [6.07, 6.45) is 3.12. The van der Waals surface area contributed by atoms with Gasteiger partial charge in [-0.25, -0.2) is 0 Å². The van der Waals surface area contributed by atoms with Crippen molar-refractivity contribution in [2.24, 2.45) is 11.7 Å². The van der Waals surface area contributed by atoms with E-state index in [4.69, 9.17) is 10.5 Å². The van der Waals surface area contributed by atoms with Gasteiger partial charge in [0.05, 0.1) is 5.60 Å². The van der Waals surface area contributed by atoms with Crippen LogP contribution in [0.15, 0.2) is 23.1 Å². The molecule has 0 radical (unpaired) electrons. The average Bonchev–Trinajstić information content (AvgIpc) is 3.32. The van der Waals surface area contributed by atoms with E-state index in [-0.39, 0.29) is 11.4 Å². The molecule has 0 atom stereocenters. The van der Waals surface area contributed by atoms with E-state index in [2.05, 4.69) is 31.4 Å². The second kappa shape index (κ2) is 7.64. The summed E-state index contributed by atoms with van der Waals surface area (Å²) >= 11 is 1.82. The van der Waals surface area contributed by atoms with Crippen molar-refractivity contribution in [3.8, 4) is 5.75 Å². The van der Waals surface area contributed by atoms with Gasteiger partial charge in [-0.15, -0.1) is 11.8 Å². The largest absolute Gasteiger partial charge is 0.484 e. The summed E-state index contributed by atoms with van der Waals surface area (Å²) in [7, 11) is 0. The van der Waals surface area contributed by atoms with Gasteiger partial charge >= 0.3 is 0 Å². The first kappa shape index (κ1) is 21.1. The van der Waals surface area contributed by atoms with Crippen LogP contribution in [0.2, 0.25) is 0 Å². The highest BCUT2D eigenvalue weighted by atomic mass is 32.2. The third-order valence-electron chi connectivity index (χ3n) is 4.62. The van der Waals surface area contributed by atoms with Gasteiger partial charge in [-0.05, 0) is 50.8 Å². The molecule has 3 N–H and O–H groups in total. The molecule has 1 amide bonds. The number of benzene rings is 1. The van der Waals surface area contributed by atoms with Gasteiger partial charge in [0, 0.05) is 39.2 Å². The number of nitrogens with two attached hydrogens (primary N) is 1. The zero-order valence-corrected chi connectivity index (χ0v) is 18.4. The molecular weight excluding hydrogens is 372 g/mol. The zero-order valence-electron chi connectivity index (χ0n) is 17.5. The van der Waals surface area contributed by atoms with Crippen LogP contribution in [0.1, 0.15) is 53.2 Å². The highest BCUT2D eigenvalue weighted by Crippen LogP contribution is 2.44. The molecule has 1 aromatic heterocycles. The first-order valence-electron chi connectivity index (χ1n) is 9.90. The fourth-order valence-corrected chi connectivity index (χ4v) is 4.56. The Morgan fingerprint density at radius 3 is 2.50 bits per heavy atom. The second-order valence-corrected chi connectivity index (χ2v) is 11.3. The maximum absolute atomic E-state index is 11.1. The highest BCUT2D eigenvalue weighted by Gasteiger charge is 2.30. The molecule has 28 heavy (non-hydrogen) atoms. The number of nitrogens with zero attached hydrogens (tertiary/aromatic N) is 1. The van der Waals surface area contributed by atoms with Gasteiger partial charge in [0.25, 0.3) is 5.91 Å². The lowest BCUT2D eigenvalue weighted by molar-refractivity contribution is -0.119. The molecule has 1 saturated carbocycles. The summed E-state index contributed by atoms with van der Waals surface area (Å²) in [6.45, 7) is 11.2. The Morgan fingerprint density at radius 2 is 1.96 bits per heavy atom. The molecule has 6 heteroatoms. The fourth-order valence-electron chi connectivity index (χ4n) is 3.37. The first-order valence-corrected chi connectivity index (χ1v) is 10.7. The van der Waals surface area contributed by atoms with E-state index in [0.29, 0.717) is 12.2 Å². The van der Waals surface area contributed by atoms with Gasteiger partial charge in [-0.2, -0.15) is 0 Å². The van der Waals surface area contributed by atoms with Crippen molar-refractivity contribution in [1.29, 1.82) is 0 Å². The van der Waals surface area contributed by atoms with Crippen molar-refractivity contribution >= 4 is 28.6 Å². The van der Waals surface area contributed by atoms with Gasteiger partial charge in [0.1, 0.15) is 5.75 Å². The van der Waals surface area contributed by atoms with Gasteiger partial charge in [-0.3, -0.25) is 4.79 Å². The van der Waals surface area contributed by atoms with Crippen LogP contribution in [-0.2, 0) is 17.8 Å². The summed E-state index contributed by atoms with van der Waals surface area (Å²) in [5, 5.41) is 11.7. The number of rotatable bonds is 8. The van der Waals surface area contributed by atoms with Crippen molar-refractivity contribution in [1.82, 2.24) is 4.57 Å². The predicted molar refractivity (Wildman–Crippen MR) is 115 cm³/mol. The monoisotopic (exact) mass is 404 g/mol. The minimum Gasteiger partial charge on any atom is -0.484 e. The number of aromatic nitrogens is 1. The first-order chi connectivity index (χ1) is 12.9. The molecule has 3 rings (SSSR count). The molecule has 154 valence electrons. The van der Waals surface area contributed by atoms with Crippen molar-refractivity contribution in [3.05, 3.63) is 23.9 Å². The van der Waals surface area contributed by atoms with E-state index in [1.165, 1.54) is 23.4 Å². The number of hydrogen-bond acceptors (Lipinski definition) is 4. The molecule has 0 bridgehead atoms. The molecule has 1 fully saturated rings. The van der Waals surface area contributed by atoms with Gasteiger partial charge in [-0.1, -0.05) is 20.8 Å². The SMILES string of the molecule is CC(C)(O)Cc1c(SC(C)(C)C)c2cc(OCC(N)=O)ccc2n1CC1CC1. The summed E-state index contributed by atoms with van der Waals surface area (Å²) < 4.78 is 7.97. The van der Waals surface area contributed by atoms with E-state index in [0.717, 1.165) is 23.4 Å². The van der Waals surface area contributed by atoms with Crippen LogP contribution in [0.25, 0.3) is 10.9 Å². The second-order valence-electron chi connectivity index (χ2n) is 9.47. The van der Waals surface area contributed by atoms with Crippen molar-refractivity contribution in [2.75, 3.05) is 6.61 Å². The maximum atomic E-state index is 11.1. The minimum absolute atomic E-state index is 0.0249. The standard InChI is InChI=1S/C22H32N2O3S/c1-21(2,3)28-20-16-10-15(27-13-19(23)25)8-9-17(16)24(12-14-6-7-14)18(20)11-22(4,5)26/h8-10,14,26H,6-7,11-13H2,1-5H3,(H2,23,25). The smallest absolute Gasteiger partial charge is 0.255 e. The molecule has 0 spiro atoms. The van der Waals surface area contributed by atoms with Gasteiger partial charge < -0.3 is 20.1 Å². The Bertz CT molecular complexity index is 871. The third kappa shape index (κ3) is 5.45. The van der Waals surface area contributed by atoms with Crippen LogP contribution in [0.4, 0.5) is 0 Å². The molecule has 1 aliphatic rings. The summed E-state index contributed by atoms with van der Waals surface area (Å²) in [5.74, 6) is 0.869. The Balaban J connectivity index is 2.15. The Labute approximate surface area is 171 Å². The Kier molecular flexibility index (Phi) is 5.74. The Hall–Kier alpha value is -1.66. The van der Waals surface area contributed by atoms with Crippen LogP contribution >= 0.6 is 11.8 Å². The number of fused-ring (bicyclic) bond motifs is 1. The summed E-state index contributed by atoms with van der Waals surface area (Å²) in [5.41, 5.74) is 6.77. The van der Waals surface area contributed by atoms with E-state index in [1.807, 2.05) is 37.7 Å².